The van der Waals surface area contributed by atoms with E-state index in [0.29, 0.717) is 18.1 Å². The maximum Gasteiger partial charge on any atom is 0.280 e. The van der Waals surface area contributed by atoms with Gasteiger partial charge in [-0.1, -0.05) is 34.1 Å². The summed E-state index contributed by atoms with van der Waals surface area (Å²) in [5.74, 6) is 0.334. The van der Waals surface area contributed by atoms with E-state index >= 15 is 0 Å². The molecule has 0 unspecified atom stereocenters. The van der Waals surface area contributed by atoms with Crippen molar-refractivity contribution in [3.05, 3.63) is 70.5 Å². The molecular weight excluding hydrogens is 356 g/mol. The molecule has 0 aliphatic carbocycles. The lowest BCUT2D eigenvalue weighted by Gasteiger charge is -2.15. The Hall–Kier alpha value is -2.40. The highest BCUT2D eigenvalue weighted by atomic mass is 79.9. The van der Waals surface area contributed by atoms with Crippen molar-refractivity contribution in [1.82, 2.24) is 4.98 Å². The van der Waals surface area contributed by atoms with Crippen LogP contribution < -0.4 is 4.90 Å². The minimum atomic E-state index is -0.128. The monoisotopic (exact) mass is 368 g/mol. The molecule has 0 saturated carbocycles. The summed E-state index contributed by atoms with van der Waals surface area (Å²) in [6, 6.07) is 15.5. The van der Waals surface area contributed by atoms with Gasteiger partial charge in [-0.25, -0.2) is 4.98 Å². The number of hydrogen-bond acceptors (Lipinski definition) is 3. The van der Waals surface area contributed by atoms with Crippen molar-refractivity contribution in [3.63, 3.8) is 0 Å². The third kappa shape index (κ3) is 2.57. The number of carbonyl (C=O) groups excluding carboxylic acids is 1. The molecule has 2 aromatic carbocycles. The van der Waals surface area contributed by atoms with E-state index in [-0.39, 0.29) is 5.91 Å². The molecule has 2 heterocycles. The van der Waals surface area contributed by atoms with Crippen molar-refractivity contribution in [3.8, 4) is 11.5 Å². The van der Waals surface area contributed by atoms with Crippen molar-refractivity contribution in [2.24, 2.45) is 0 Å². The Bertz CT molecular complexity index is 874. The van der Waals surface area contributed by atoms with E-state index in [1.807, 2.05) is 42.5 Å². The fourth-order valence-electron chi connectivity index (χ4n) is 2.80. The number of oxazole rings is 1. The lowest BCUT2D eigenvalue weighted by atomic mass is 10.2. The fraction of sp³-hybridized carbons (Fsp3) is 0.111. The van der Waals surface area contributed by atoms with E-state index in [2.05, 4.69) is 27.0 Å². The maximum atomic E-state index is 12.7. The molecule has 23 heavy (non-hydrogen) atoms. The Kier molecular flexibility index (Phi) is 3.50. The molecule has 0 saturated heterocycles. The molecule has 1 aliphatic rings. The Morgan fingerprint density at radius 2 is 2.00 bits per heavy atom. The van der Waals surface area contributed by atoms with E-state index in [4.69, 9.17) is 4.42 Å². The molecule has 4 rings (SSSR count). The molecular formula is C18H13BrN2O2. The molecule has 0 fully saturated rings. The second-order valence-corrected chi connectivity index (χ2v) is 6.30. The Balaban J connectivity index is 1.63. The Morgan fingerprint density at radius 1 is 1.17 bits per heavy atom. The van der Waals surface area contributed by atoms with E-state index in [1.54, 1.807) is 4.90 Å². The topological polar surface area (TPSA) is 46.3 Å². The highest BCUT2D eigenvalue weighted by Gasteiger charge is 2.27. The van der Waals surface area contributed by atoms with E-state index in [1.165, 1.54) is 11.8 Å². The number of fused-ring (bicyclic) bond motifs is 1. The quantitative estimate of drug-likeness (QED) is 0.677. The second-order valence-electron chi connectivity index (χ2n) is 5.38. The van der Waals surface area contributed by atoms with Gasteiger partial charge in [0.1, 0.15) is 6.26 Å². The zero-order chi connectivity index (χ0) is 15.8. The van der Waals surface area contributed by atoms with Crippen LogP contribution in [0.4, 0.5) is 5.69 Å². The third-order valence-electron chi connectivity index (χ3n) is 3.93. The highest BCUT2D eigenvalue weighted by molar-refractivity contribution is 9.10. The molecule has 0 atom stereocenters. The minimum Gasteiger partial charge on any atom is -0.444 e. The summed E-state index contributed by atoms with van der Waals surface area (Å²) in [5.41, 5.74) is 3.30. The predicted molar refractivity (Wildman–Crippen MR) is 91.5 cm³/mol. The molecule has 0 N–H and O–H groups in total. The van der Waals surface area contributed by atoms with Gasteiger partial charge in [0.05, 0.1) is 0 Å². The maximum absolute atomic E-state index is 12.7. The van der Waals surface area contributed by atoms with Gasteiger partial charge in [0, 0.05) is 22.3 Å². The van der Waals surface area contributed by atoms with Gasteiger partial charge in [-0.15, -0.1) is 0 Å². The molecule has 0 radical (unpaired) electrons. The van der Waals surface area contributed by atoms with E-state index in [0.717, 1.165) is 22.1 Å². The molecule has 4 nitrogen and oxygen atoms in total. The van der Waals surface area contributed by atoms with Gasteiger partial charge in [0.25, 0.3) is 5.91 Å². The number of anilines is 1. The van der Waals surface area contributed by atoms with E-state index in [9.17, 15) is 4.79 Å². The van der Waals surface area contributed by atoms with Gasteiger partial charge in [-0.3, -0.25) is 4.79 Å². The Morgan fingerprint density at radius 3 is 2.83 bits per heavy atom. The summed E-state index contributed by atoms with van der Waals surface area (Å²) in [7, 11) is 0. The molecule has 1 amide bonds. The third-order valence-corrected chi connectivity index (χ3v) is 4.42. The summed E-state index contributed by atoms with van der Waals surface area (Å²) < 4.78 is 6.50. The normalized spacial score (nSPS) is 13.2. The van der Waals surface area contributed by atoms with E-state index < -0.39 is 0 Å². The number of benzene rings is 2. The average Bonchev–Trinajstić information content (AvgIpc) is 3.22. The van der Waals surface area contributed by atoms with Crippen molar-refractivity contribution >= 4 is 27.5 Å². The molecule has 5 heteroatoms. The SMILES string of the molecule is O=C(c1coc(-c2ccccc2)n1)N1CCc2cc(Br)ccc21. The van der Waals surface area contributed by atoms with Crippen LogP contribution in [0.25, 0.3) is 11.5 Å². The van der Waals surface area contributed by atoms with Crippen molar-refractivity contribution in [2.45, 2.75) is 6.42 Å². The summed E-state index contributed by atoms with van der Waals surface area (Å²) in [6.45, 7) is 0.665. The van der Waals surface area contributed by atoms with Gasteiger partial charge in [0.2, 0.25) is 5.89 Å². The predicted octanol–water partition coefficient (Wildman–Crippen LogP) is 4.31. The van der Waals surface area contributed by atoms with Crippen LogP contribution in [-0.2, 0) is 6.42 Å². The van der Waals surface area contributed by atoms with Crippen molar-refractivity contribution < 1.29 is 9.21 Å². The van der Waals surface area contributed by atoms with Crippen LogP contribution in [0.3, 0.4) is 0 Å². The van der Waals surface area contributed by atoms with Crippen LogP contribution in [0.5, 0.6) is 0 Å². The fourth-order valence-corrected chi connectivity index (χ4v) is 3.21. The number of nitrogens with zero attached hydrogens (tertiary/aromatic N) is 2. The van der Waals surface area contributed by atoms with Gasteiger partial charge in [-0.05, 0) is 42.3 Å². The van der Waals surface area contributed by atoms with Crippen LogP contribution in [0, 0.1) is 0 Å². The number of rotatable bonds is 2. The zero-order valence-corrected chi connectivity index (χ0v) is 13.8. The first kappa shape index (κ1) is 14.2. The first-order valence-corrected chi connectivity index (χ1v) is 8.13. The molecule has 0 spiro atoms. The first-order valence-electron chi connectivity index (χ1n) is 7.33. The zero-order valence-electron chi connectivity index (χ0n) is 12.2. The molecule has 3 aromatic rings. The van der Waals surface area contributed by atoms with Crippen LogP contribution >= 0.6 is 15.9 Å². The van der Waals surface area contributed by atoms with Gasteiger partial charge >= 0.3 is 0 Å². The van der Waals surface area contributed by atoms with Gasteiger partial charge in [-0.2, -0.15) is 0 Å². The van der Waals surface area contributed by atoms with Crippen molar-refractivity contribution in [1.29, 1.82) is 0 Å². The summed E-state index contributed by atoms with van der Waals surface area (Å²) >= 11 is 3.47. The van der Waals surface area contributed by atoms with Crippen LogP contribution in [0.2, 0.25) is 0 Å². The second kappa shape index (κ2) is 5.66. The molecule has 114 valence electrons. The summed E-state index contributed by atoms with van der Waals surface area (Å²) in [5, 5.41) is 0. The van der Waals surface area contributed by atoms with Gasteiger partial charge in [0.15, 0.2) is 5.69 Å². The number of amides is 1. The minimum absolute atomic E-state index is 0.128. The summed E-state index contributed by atoms with van der Waals surface area (Å²) in [4.78, 5) is 18.8. The smallest absolute Gasteiger partial charge is 0.280 e. The van der Waals surface area contributed by atoms with Crippen LogP contribution in [0.15, 0.2) is 63.7 Å². The number of hydrogen-bond donors (Lipinski definition) is 0. The Labute approximate surface area is 141 Å². The lowest BCUT2D eigenvalue weighted by molar-refractivity contribution is 0.0984. The number of carbonyl (C=O) groups is 1. The number of aromatic nitrogens is 1. The highest BCUT2D eigenvalue weighted by Crippen LogP contribution is 2.31. The molecule has 1 aliphatic heterocycles. The van der Waals surface area contributed by atoms with Gasteiger partial charge < -0.3 is 9.32 Å². The summed E-state index contributed by atoms with van der Waals surface area (Å²) in [6.07, 6.45) is 2.28. The first-order chi connectivity index (χ1) is 11.2. The van der Waals surface area contributed by atoms with Crippen LogP contribution in [0.1, 0.15) is 16.1 Å². The largest absolute Gasteiger partial charge is 0.444 e. The van der Waals surface area contributed by atoms with Crippen LogP contribution in [-0.4, -0.2) is 17.4 Å². The molecule has 0 bridgehead atoms. The lowest BCUT2D eigenvalue weighted by Crippen LogP contribution is -2.29. The standard InChI is InChI=1S/C18H13BrN2O2/c19-14-6-7-16-13(10-14)8-9-21(16)18(22)15-11-23-17(20-15)12-4-2-1-3-5-12/h1-7,10-11H,8-9H2. The molecule has 1 aromatic heterocycles. The average molecular weight is 369 g/mol. The van der Waals surface area contributed by atoms with Crippen molar-refractivity contribution in [2.75, 3.05) is 11.4 Å². The number of halogens is 1.